The van der Waals surface area contributed by atoms with E-state index in [4.69, 9.17) is 5.73 Å². The zero-order chi connectivity index (χ0) is 20.1. The van der Waals surface area contributed by atoms with Crippen molar-refractivity contribution in [1.29, 1.82) is 0 Å². The first-order chi connectivity index (χ1) is 13.2. The summed E-state index contributed by atoms with van der Waals surface area (Å²) < 4.78 is 17.3. The third-order valence-corrected chi connectivity index (χ3v) is 5.64. The van der Waals surface area contributed by atoms with Gasteiger partial charge in [0.1, 0.15) is 17.2 Å². The van der Waals surface area contributed by atoms with Gasteiger partial charge in [0.05, 0.1) is 18.4 Å². The average molecular weight is 420 g/mol. The summed E-state index contributed by atoms with van der Waals surface area (Å²) in [5, 5.41) is 0. The lowest BCUT2D eigenvalue weighted by Crippen LogP contribution is -2.52. The Morgan fingerprint density at radius 2 is 2.07 bits per heavy atom. The quantitative estimate of drug-likeness (QED) is 0.708. The lowest BCUT2D eigenvalue weighted by atomic mass is 9.92. The van der Waals surface area contributed by atoms with E-state index >= 15 is 0 Å². The molecule has 2 N–H and O–H groups in total. The van der Waals surface area contributed by atoms with E-state index in [1.165, 1.54) is 23.0 Å². The van der Waals surface area contributed by atoms with Gasteiger partial charge in [-0.15, -0.1) is 12.4 Å². The molecule has 1 fully saturated rings. The number of rotatable bonds is 3. The fraction of sp³-hybridized carbons (Fsp3) is 0.429. The average Bonchev–Trinajstić information content (AvgIpc) is 3.00. The van der Waals surface area contributed by atoms with Crippen LogP contribution in [0.15, 0.2) is 35.4 Å². The third-order valence-electron chi connectivity index (χ3n) is 5.64. The molecule has 1 saturated heterocycles. The molecular formula is C21H27ClFN5O. The van der Waals surface area contributed by atoms with E-state index in [1.807, 2.05) is 17.6 Å². The molecule has 6 nitrogen and oxygen atoms in total. The molecule has 1 aromatic carbocycles. The minimum absolute atomic E-state index is 0. The van der Waals surface area contributed by atoms with Crippen molar-refractivity contribution >= 4 is 29.3 Å². The number of fused-ring (bicyclic) bond motifs is 1. The predicted molar refractivity (Wildman–Crippen MR) is 117 cm³/mol. The molecule has 29 heavy (non-hydrogen) atoms. The van der Waals surface area contributed by atoms with Crippen LogP contribution in [0.25, 0.3) is 11.0 Å². The molecule has 1 atom stereocenters. The molecule has 0 bridgehead atoms. The van der Waals surface area contributed by atoms with Gasteiger partial charge in [0.25, 0.3) is 5.56 Å². The van der Waals surface area contributed by atoms with Crippen LogP contribution < -0.4 is 16.2 Å². The van der Waals surface area contributed by atoms with Crippen molar-refractivity contribution in [2.75, 3.05) is 18.0 Å². The van der Waals surface area contributed by atoms with Crippen LogP contribution in [0.1, 0.15) is 30.9 Å². The monoisotopic (exact) mass is 419 g/mol. The molecule has 0 unspecified atom stereocenters. The van der Waals surface area contributed by atoms with Crippen LogP contribution in [0.2, 0.25) is 0 Å². The van der Waals surface area contributed by atoms with Crippen LogP contribution in [-0.2, 0) is 13.6 Å². The summed E-state index contributed by atoms with van der Waals surface area (Å²) in [7, 11) is 1.69. The first-order valence-electron chi connectivity index (χ1n) is 9.59. The predicted octanol–water partition coefficient (Wildman–Crippen LogP) is 2.97. The van der Waals surface area contributed by atoms with Crippen molar-refractivity contribution in [2.24, 2.45) is 12.8 Å². The number of hydrogen-bond donors (Lipinski definition) is 1. The Morgan fingerprint density at radius 3 is 2.79 bits per heavy atom. The van der Waals surface area contributed by atoms with E-state index in [1.54, 1.807) is 13.1 Å². The summed E-state index contributed by atoms with van der Waals surface area (Å²) in [6.45, 7) is 5.98. The van der Waals surface area contributed by atoms with Crippen molar-refractivity contribution in [2.45, 2.75) is 38.8 Å². The van der Waals surface area contributed by atoms with Crippen molar-refractivity contribution in [1.82, 2.24) is 14.1 Å². The number of aryl methyl sites for hydroxylation is 2. The number of nitrogens with two attached hydrogens (primary N) is 1. The Morgan fingerprint density at radius 1 is 1.31 bits per heavy atom. The molecule has 3 heterocycles. The second-order valence-electron chi connectivity index (χ2n) is 8.23. The van der Waals surface area contributed by atoms with Gasteiger partial charge < -0.3 is 19.8 Å². The number of anilines is 1. The van der Waals surface area contributed by atoms with Gasteiger partial charge in [0, 0.05) is 31.7 Å². The number of nitrogens with zero attached hydrogens (tertiary/aromatic N) is 4. The molecule has 156 valence electrons. The fourth-order valence-corrected chi connectivity index (χ4v) is 4.08. The van der Waals surface area contributed by atoms with Crippen molar-refractivity contribution < 1.29 is 4.39 Å². The Labute approximate surface area is 175 Å². The minimum Gasteiger partial charge on any atom is -0.356 e. The molecule has 0 radical (unpaired) electrons. The Balaban J connectivity index is 0.00000240. The van der Waals surface area contributed by atoms with E-state index in [0.29, 0.717) is 24.1 Å². The Bertz CT molecular complexity index is 1100. The molecule has 3 aromatic rings. The van der Waals surface area contributed by atoms with Gasteiger partial charge in [0.2, 0.25) is 0 Å². The highest BCUT2D eigenvalue weighted by atomic mass is 35.5. The summed E-state index contributed by atoms with van der Waals surface area (Å²) in [5.74, 6) is 0.628. The van der Waals surface area contributed by atoms with Gasteiger partial charge in [-0.2, -0.15) is 0 Å². The van der Waals surface area contributed by atoms with E-state index in [9.17, 15) is 9.18 Å². The molecule has 0 saturated carbocycles. The van der Waals surface area contributed by atoms with Gasteiger partial charge in [-0.1, -0.05) is 6.07 Å². The van der Waals surface area contributed by atoms with Crippen LogP contribution >= 0.6 is 12.4 Å². The minimum atomic E-state index is -0.285. The van der Waals surface area contributed by atoms with Crippen molar-refractivity contribution in [3.63, 3.8) is 0 Å². The van der Waals surface area contributed by atoms with E-state index in [-0.39, 0.29) is 29.3 Å². The zero-order valence-electron chi connectivity index (χ0n) is 17.0. The highest BCUT2D eigenvalue weighted by Gasteiger charge is 2.29. The van der Waals surface area contributed by atoms with E-state index in [2.05, 4.69) is 16.8 Å². The maximum absolute atomic E-state index is 13.9. The molecule has 4 rings (SSSR count). The zero-order valence-corrected chi connectivity index (χ0v) is 17.8. The fourth-order valence-electron chi connectivity index (χ4n) is 4.08. The molecule has 0 spiro atoms. The van der Waals surface area contributed by atoms with Crippen LogP contribution in [0, 0.1) is 12.7 Å². The van der Waals surface area contributed by atoms with Crippen LogP contribution in [0.5, 0.6) is 0 Å². The summed E-state index contributed by atoms with van der Waals surface area (Å²) >= 11 is 0. The second kappa shape index (κ2) is 7.80. The van der Waals surface area contributed by atoms with E-state index < -0.39 is 0 Å². The second-order valence-corrected chi connectivity index (χ2v) is 8.23. The molecule has 0 amide bonds. The smallest absolute Gasteiger partial charge is 0.277 e. The molecule has 0 aliphatic carbocycles. The standard InChI is InChI=1S/C21H26FN5O.ClH/c1-14-5-6-16(22)9-15(14)11-27-18(26-8-4-7-21(2,23)12-26)10-17-19(27)20(28)25(3)13-24-17;/h5-6,9-10,13H,4,7-8,11-12,23H2,1-3H3;1H/t21-;/m1./s1. The topological polar surface area (TPSA) is 69.1 Å². The highest BCUT2D eigenvalue weighted by molar-refractivity contribution is 5.85. The summed E-state index contributed by atoms with van der Waals surface area (Å²) in [4.78, 5) is 19.6. The van der Waals surface area contributed by atoms with Crippen LogP contribution in [0.4, 0.5) is 10.2 Å². The van der Waals surface area contributed by atoms with Crippen molar-refractivity contribution in [3.8, 4) is 0 Å². The summed E-state index contributed by atoms with van der Waals surface area (Å²) in [6, 6.07) is 6.71. The van der Waals surface area contributed by atoms with Gasteiger partial charge in [-0.05, 0) is 49.9 Å². The molecule has 2 aromatic heterocycles. The summed E-state index contributed by atoms with van der Waals surface area (Å²) in [5.41, 5.74) is 9.03. The maximum atomic E-state index is 13.9. The number of aromatic nitrogens is 3. The lowest BCUT2D eigenvalue weighted by molar-refractivity contribution is 0.371. The Kier molecular flexibility index (Phi) is 5.74. The first-order valence-corrected chi connectivity index (χ1v) is 9.59. The Hall–Kier alpha value is -2.38. The highest BCUT2D eigenvalue weighted by Crippen LogP contribution is 2.30. The van der Waals surface area contributed by atoms with Gasteiger partial charge >= 0.3 is 0 Å². The first kappa shape index (κ1) is 21.3. The largest absolute Gasteiger partial charge is 0.356 e. The molecule has 1 aliphatic heterocycles. The third kappa shape index (κ3) is 4.02. The van der Waals surface area contributed by atoms with E-state index in [0.717, 1.165) is 36.3 Å². The van der Waals surface area contributed by atoms with Crippen LogP contribution in [-0.4, -0.2) is 32.7 Å². The van der Waals surface area contributed by atoms with Crippen LogP contribution in [0.3, 0.4) is 0 Å². The van der Waals surface area contributed by atoms with Crippen molar-refractivity contribution in [3.05, 3.63) is 57.9 Å². The maximum Gasteiger partial charge on any atom is 0.277 e. The lowest BCUT2D eigenvalue weighted by Gasteiger charge is -2.39. The van der Waals surface area contributed by atoms with Gasteiger partial charge in [-0.25, -0.2) is 9.37 Å². The number of halogens is 2. The SMILES string of the molecule is Cc1ccc(F)cc1Cn1c(N2CCC[C@@](C)(N)C2)cc2ncn(C)c(=O)c21.Cl. The normalized spacial score (nSPS) is 19.4. The van der Waals surface area contributed by atoms with Gasteiger partial charge in [0.15, 0.2) is 0 Å². The molecule has 1 aliphatic rings. The number of benzene rings is 1. The van der Waals surface area contributed by atoms with Gasteiger partial charge in [-0.3, -0.25) is 4.79 Å². The number of hydrogen-bond acceptors (Lipinski definition) is 4. The number of piperidine rings is 1. The molecular weight excluding hydrogens is 393 g/mol. The molecule has 8 heteroatoms. The summed E-state index contributed by atoms with van der Waals surface area (Å²) in [6.07, 6.45) is 3.49.